The van der Waals surface area contributed by atoms with Gasteiger partial charge >= 0.3 is 0 Å². The summed E-state index contributed by atoms with van der Waals surface area (Å²) in [5, 5.41) is 0. The van der Waals surface area contributed by atoms with E-state index < -0.39 is 0 Å². The standard InChI is InChI=1S/C17H21N3O/c1-20(13-9-15-7-11-18-12-8-15)17(21)6-2-4-16-5-3-10-19-14-16/h3,5,7-8,10-12,14H,2,4,6,9,13H2,1H3. The number of amides is 1. The Labute approximate surface area is 125 Å². The molecule has 21 heavy (non-hydrogen) atoms. The van der Waals surface area contributed by atoms with Gasteiger partial charge in [0.2, 0.25) is 5.91 Å². The van der Waals surface area contributed by atoms with E-state index >= 15 is 0 Å². The molecule has 0 spiro atoms. The molecular weight excluding hydrogens is 262 g/mol. The molecule has 0 aliphatic heterocycles. The lowest BCUT2D eigenvalue weighted by Gasteiger charge is -2.17. The smallest absolute Gasteiger partial charge is 0.222 e. The summed E-state index contributed by atoms with van der Waals surface area (Å²) in [5.41, 5.74) is 2.39. The Morgan fingerprint density at radius 3 is 2.57 bits per heavy atom. The van der Waals surface area contributed by atoms with Gasteiger partial charge in [-0.1, -0.05) is 6.07 Å². The highest BCUT2D eigenvalue weighted by molar-refractivity contribution is 5.75. The van der Waals surface area contributed by atoms with Gasteiger partial charge in [0.1, 0.15) is 0 Å². The Hall–Kier alpha value is -2.23. The normalized spacial score (nSPS) is 10.3. The van der Waals surface area contributed by atoms with E-state index in [1.165, 1.54) is 11.1 Å². The van der Waals surface area contributed by atoms with Crippen LogP contribution in [0.5, 0.6) is 0 Å². The molecule has 4 nitrogen and oxygen atoms in total. The summed E-state index contributed by atoms with van der Waals surface area (Å²) < 4.78 is 0. The van der Waals surface area contributed by atoms with Crippen LogP contribution in [0, 0.1) is 0 Å². The summed E-state index contributed by atoms with van der Waals surface area (Å²) in [6.07, 6.45) is 10.4. The number of hydrogen-bond donors (Lipinski definition) is 0. The van der Waals surface area contributed by atoms with Crippen molar-refractivity contribution in [3.8, 4) is 0 Å². The Bertz CT molecular complexity index is 542. The lowest BCUT2D eigenvalue weighted by atomic mass is 10.1. The van der Waals surface area contributed by atoms with Crippen LogP contribution in [-0.4, -0.2) is 34.4 Å². The maximum atomic E-state index is 12.1. The Balaban J connectivity index is 1.68. The number of carbonyl (C=O) groups is 1. The molecule has 0 radical (unpaired) electrons. The third-order valence-corrected chi connectivity index (χ3v) is 3.49. The number of hydrogen-bond acceptors (Lipinski definition) is 3. The highest BCUT2D eigenvalue weighted by Gasteiger charge is 2.08. The van der Waals surface area contributed by atoms with Crippen molar-refractivity contribution in [3.05, 3.63) is 60.2 Å². The lowest BCUT2D eigenvalue weighted by molar-refractivity contribution is -0.129. The molecule has 2 rings (SSSR count). The number of aromatic nitrogens is 2. The fraction of sp³-hybridized carbons (Fsp3) is 0.353. The van der Waals surface area contributed by atoms with Crippen molar-refractivity contribution in [2.24, 2.45) is 0 Å². The first-order valence-corrected chi connectivity index (χ1v) is 7.27. The summed E-state index contributed by atoms with van der Waals surface area (Å²) in [5.74, 6) is 0.202. The number of rotatable bonds is 7. The average molecular weight is 283 g/mol. The van der Waals surface area contributed by atoms with E-state index in [1.54, 1.807) is 18.6 Å². The molecule has 0 saturated carbocycles. The van der Waals surface area contributed by atoms with Crippen LogP contribution < -0.4 is 0 Å². The van der Waals surface area contributed by atoms with Gasteiger partial charge in [-0.15, -0.1) is 0 Å². The molecule has 0 N–H and O–H groups in total. The molecular formula is C17H21N3O. The van der Waals surface area contributed by atoms with Gasteiger partial charge in [0.15, 0.2) is 0 Å². The fourth-order valence-corrected chi connectivity index (χ4v) is 2.15. The number of carbonyl (C=O) groups excluding carboxylic acids is 1. The van der Waals surface area contributed by atoms with Crippen LogP contribution in [0.1, 0.15) is 24.0 Å². The van der Waals surface area contributed by atoms with Crippen LogP contribution in [-0.2, 0) is 17.6 Å². The van der Waals surface area contributed by atoms with E-state index in [2.05, 4.69) is 9.97 Å². The van der Waals surface area contributed by atoms with E-state index in [1.807, 2.05) is 42.4 Å². The van der Waals surface area contributed by atoms with Gasteiger partial charge in [0.05, 0.1) is 0 Å². The average Bonchev–Trinajstić information content (AvgIpc) is 2.54. The monoisotopic (exact) mass is 283 g/mol. The Kier molecular flexibility index (Phi) is 5.88. The van der Waals surface area contributed by atoms with Gasteiger partial charge in [-0.3, -0.25) is 14.8 Å². The zero-order valence-corrected chi connectivity index (χ0v) is 12.4. The first kappa shape index (κ1) is 15.2. The van der Waals surface area contributed by atoms with Crippen LogP contribution in [0.25, 0.3) is 0 Å². The lowest BCUT2D eigenvalue weighted by Crippen LogP contribution is -2.28. The first-order chi connectivity index (χ1) is 10.3. The van der Waals surface area contributed by atoms with Gasteiger partial charge in [0, 0.05) is 44.8 Å². The third-order valence-electron chi connectivity index (χ3n) is 3.49. The van der Waals surface area contributed by atoms with Gasteiger partial charge in [-0.05, 0) is 48.6 Å². The van der Waals surface area contributed by atoms with Crippen molar-refractivity contribution >= 4 is 5.91 Å². The second kappa shape index (κ2) is 8.15. The van der Waals surface area contributed by atoms with E-state index in [-0.39, 0.29) is 5.91 Å². The van der Waals surface area contributed by atoms with Gasteiger partial charge in [-0.2, -0.15) is 0 Å². The highest BCUT2D eigenvalue weighted by Crippen LogP contribution is 2.05. The first-order valence-electron chi connectivity index (χ1n) is 7.27. The summed E-state index contributed by atoms with van der Waals surface area (Å²) in [6, 6.07) is 7.95. The second-order valence-corrected chi connectivity index (χ2v) is 5.14. The molecule has 4 heteroatoms. The van der Waals surface area contributed by atoms with E-state index in [0.29, 0.717) is 6.42 Å². The zero-order valence-electron chi connectivity index (χ0n) is 12.4. The van der Waals surface area contributed by atoms with Gasteiger partial charge in [-0.25, -0.2) is 0 Å². The summed E-state index contributed by atoms with van der Waals surface area (Å²) in [7, 11) is 1.87. The predicted molar refractivity (Wildman–Crippen MR) is 82.8 cm³/mol. The number of aryl methyl sites for hydroxylation is 1. The quantitative estimate of drug-likeness (QED) is 0.784. The largest absolute Gasteiger partial charge is 0.345 e. The third kappa shape index (κ3) is 5.34. The van der Waals surface area contributed by atoms with Gasteiger partial charge in [0.25, 0.3) is 0 Å². The maximum Gasteiger partial charge on any atom is 0.222 e. The Morgan fingerprint density at radius 1 is 1.05 bits per heavy atom. The summed E-state index contributed by atoms with van der Waals surface area (Å²) in [6.45, 7) is 0.746. The van der Waals surface area contributed by atoms with Crippen LogP contribution in [0.15, 0.2) is 49.1 Å². The minimum atomic E-state index is 0.202. The van der Waals surface area contributed by atoms with E-state index in [4.69, 9.17) is 0 Å². The minimum absolute atomic E-state index is 0.202. The van der Waals surface area contributed by atoms with E-state index in [0.717, 1.165) is 25.8 Å². The molecule has 2 aromatic rings. The molecule has 0 aliphatic rings. The van der Waals surface area contributed by atoms with Crippen LogP contribution in [0.4, 0.5) is 0 Å². The SMILES string of the molecule is CN(CCc1ccncc1)C(=O)CCCc1cccnc1. The van der Waals surface area contributed by atoms with Crippen molar-refractivity contribution in [1.82, 2.24) is 14.9 Å². The molecule has 0 bridgehead atoms. The molecule has 0 aromatic carbocycles. The molecule has 1 amide bonds. The Morgan fingerprint density at radius 2 is 1.86 bits per heavy atom. The number of likely N-dealkylation sites (N-methyl/N-ethyl adjacent to an activating group) is 1. The van der Waals surface area contributed by atoms with Crippen molar-refractivity contribution in [1.29, 1.82) is 0 Å². The zero-order chi connectivity index (χ0) is 14.9. The van der Waals surface area contributed by atoms with Crippen LogP contribution in [0.3, 0.4) is 0 Å². The summed E-state index contributed by atoms with van der Waals surface area (Å²) >= 11 is 0. The van der Waals surface area contributed by atoms with Gasteiger partial charge < -0.3 is 4.90 Å². The molecule has 0 saturated heterocycles. The van der Waals surface area contributed by atoms with Crippen molar-refractivity contribution < 1.29 is 4.79 Å². The predicted octanol–water partition coefficient (Wildman–Crippen LogP) is 2.50. The number of nitrogens with zero attached hydrogens (tertiary/aromatic N) is 3. The molecule has 2 heterocycles. The van der Waals surface area contributed by atoms with Crippen LogP contribution in [0.2, 0.25) is 0 Å². The van der Waals surface area contributed by atoms with Crippen LogP contribution >= 0.6 is 0 Å². The fourth-order valence-electron chi connectivity index (χ4n) is 2.15. The topological polar surface area (TPSA) is 46.1 Å². The van der Waals surface area contributed by atoms with Crippen molar-refractivity contribution in [3.63, 3.8) is 0 Å². The van der Waals surface area contributed by atoms with Crippen molar-refractivity contribution in [2.75, 3.05) is 13.6 Å². The molecule has 0 atom stereocenters. The highest BCUT2D eigenvalue weighted by atomic mass is 16.2. The van der Waals surface area contributed by atoms with Crippen molar-refractivity contribution in [2.45, 2.75) is 25.7 Å². The molecule has 0 unspecified atom stereocenters. The minimum Gasteiger partial charge on any atom is -0.345 e. The number of pyridine rings is 2. The molecule has 0 fully saturated rings. The maximum absolute atomic E-state index is 12.1. The second-order valence-electron chi connectivity index (χ2n) is 5.14. The molecule has 0 aliphatic carbocycles. The summed E-state index contributed by atoms with van der Waals surface area (Å²) in [4.78, 5) is 21.9. The molecule has 2 aromatic heterocycles. The molecule has 110 valence electrons. The van der Waals surface area contributed by atoms with E-state index in [9.17, 15) is 4.79 Å².